The molecule has 1 aliphatic heterocycles. The molecule has 2 atom stereocenters. The molecular formula is C27H34ClN3O4S2. The molecule has 2 amide bonds. The van der Waals surface area contributed by atoms with Crippen LogP contribution in [0.4, 0.5) is 10.5 Å². The van der Waals surface area contributed by atoms with Crippen molar-refractivity contribution in [2.45, 2.75) is 83.2 Å². The Morgan fingerprint density at radius 1 is 1.27 bits per heavy atom. The highest BCUT2D eigenvalue weighted by atomic mass is 35.5. The Bertz CT molecular complexity index is 1170. The maximum Gasteiger partial charge on any atom is 0.412 e. The number of hydrogen-bond donors (Lipinski definition) is 3. The second-order valence-corrected chi connectivity index (χ2v) is 11.3. The zero-order valence-corrected chi connectivity index (χ0v) is 24.2. The van der Waals surface area contributed by atoms with Gasteiger partial charge in [0, 0.05) is 9.92 Å². The molecule has 2 unspecified atom stereocenters. The van der Waals surface area contributed by atoms with Crippen molar-refractivity contribution in [2.24, 2.45) is 0 Å². The largest absolute Gasteiger partial charge is 0.481 e. The van der Waals surface area contributed by atoms with Gasteiger partial charge in [0.2, 0.25) is 0 Å². The highest BCUT2D eigenvalue weighted by molar-refractivity contribution is 7.80. The number of anilines is 1. The number of carbonyl (C=O) groups excluding carboxylic acids is 2. The zero-order valence-electron chi connectivity index (χ0n) is 21.8. The molecule has 0 spiro atoms. The Labute approximate surface area is 234 Å². The standard InChI is InChI=1S/C27H34ClN3O4S2/c1-6-7-8-23(30-24(32)19-11-10-18(28)14-22(19)36)31(26(33)35-27(3,4)5)15-17-9-12-21-20(13-17)29-25(37)16(2)34-21/h9-14,16,23,36H,6-8,15H2,1-5H3,(H,29,37)(H,30,32). The molecule has 2 aromatic carbocycles. The van der Waals surface area contributed by atoms with Crippen molar-refractivity contribution in [3.8, 4) is 5.75 Å². The van der Waals surface area contributed by atoms with Gasteiger partial charge < -0.3 is 20.1 Å². The Morgan fingerprint density at radius 2 is 2.00 bits per heavy atom. The molecule has 1 heterocycles. The van der Waals surface area contributed by atoms with E-state index in [1.165, 1.54) is 0 Å². The van der Waals surface area contributed by atoms with Gasteiger partial charge in [0.15, 0.2) is 0 Å². The molecule has 1 aliphatic rings. The fraction of sp³-hybridized carbons (Fsp3) is 0.444. The van der Waals surface area contributed by atoms with Gasteiger partial charge in [-0.15, -0.1) is 12.6 Å². The van der Waals surface area contributed by atoms with Crippen LogP contribution in [0.1, 0.15) is 69.8 Å². The molecule has 0 radical (unpaired) electrons. The topological polar surface area (TPSA) is 79.9 Å². The summed E-state index contributed by atoms with van der Waals surface area (Å²) in [5.41, 5.74) is 1.22. The van der Waals surface area contributed by atoms with E-state index in [2.05, 4.69) is 30.2 Å². The molecule has 200 valence electrons. The number of rotatable bonds is 8. The third-order valence-corrected chi connectivity index (χ3v) is 6.70. The van der Waals surface area contributed by atoms with Crippen molar-refractivity contribution >= 4 is 59.1 Å². The van der Waals surface area contributed by atoms with Gasteiger partial charge in [0.25, 0.3) is 5.91 Å². The van der Waals surface area contributed by atoms with Crippen LogP contribution < -0.4 is 15.4 Å². The van der Waals surface area contributed by atoms with Gasteiger partial charge in [0.1, 0.15) is 28.6 Å². The van der Waals surface area contributed by atoms with Gasteiger partial charge in [-0.3, -0.25) is 9.69 Å². The summed E-state index contributed by atoms with van der Waals surface area (Å²) in [6.07, 6.45) is 0.872. The van der Waals surface area contributed by atoms with E-state index >= 15 is 0 Å². The monoisotopic (exact) mass is 563 g/mol. The first-order valence-electron chi connectivity index (χ1n) is 12.3. The van der Waals surface area contributed by atoms with Crippen LogP contribution in [0.2, 0.25) is 5.02 Å². The first-order valence-corrected chi connectivity index (χ1v) is 13.5. The highest BCUT2D eigenvalue weighted by Gasteiger charge is 2.31. The van der Waals surface area contributed by atoms with Crippen molar-refractivity contribution in [1.82, 2.24) is 10.2 Å². The fourth-order valence-electron chi connectivity index (χ4n) is 3.80. The SMILES string of the molecule is CCCCC(NC(=O)c1ccc(Cl)cc1S)N(Cc1ccc2c(c1)NC(=S)C(C)O2)C(=O)OC(C)(C)C. The van der Waals surface area contributed by atoms with E-state index in [0.717, 1.165) is 24.1 Å². The smallest absolute Gasteiger partial charge is 0.412 e. The first kappa shape index (κ1) is 29.1. The van der Waals surface area contributed by atoms with Crippen LogP contribution in [-0.2, 0) is 11.3 Å². The van der Waals surface area contributed by atoms with Gasteiger partial charge in [-0.1, -0.05) is 43.2 Å². The van der Waals surface area contributed by atoms with Crippen LogP contribution in [-0.4, -0.2) is 39.8 Å². The number of halogens is 1. The number of fused-ring (bicyclic) bond motifs is 1. The van der Waals surface area contributed by atoms with Crippen molar-refractivity contribution in [3.05, 3.63) is 52.5 Å². The summed E-state index contributed by atoms with van der Waals surface area (Å²) in [5, 5.41) is 6.71. The minimum atomic E-state index is -0.712. The predicted molar refractivity (Wildman–Crippen MR) is 154 cm³/mol. The van der Waals surface area contributed by atoms with Gasteiger partial charge in [-0.25, -0.2) is 4.79 Å². The Morgan fingerprint density at radius 3 is 2.65 bits per heavy atom. The fourth-order valence-corrected chi connectivity index (χ4v) is 4.52. The van der Waals surface area contributed by atoms with E-state index in [4.69, 9.17) is 33.3 Å². The lowest BCUT2D eigenvalue weighted by Crippen LogP contribution is -2.51. The lowest BCUT2D eigenvalue weighted by molar-refractivity contribution is 0.00921. The van der Waals surface area contributed by atoms with Crippen molar-refractivity contribution in [3.63, 3.8) is 0 Å². The number of ether oxygens (including phenoxy) is 2. The van der Waals surface area contributed by atoms with Crippen molar-refractivity contribution in [1.29, 1.82) is 0 Å². The number of carbonyl (C=O) groups is 2. The third kappa shape index (κ3) is 7.99. The second kappa shape index (κ2) is 12.4. The molecule has 0 saturated heterocycles. The van der Waals surface area contributed by atoms with Crippen LogP contribution in [0.3, 0.4) is 0 Å². The minimum absolute atomic E-state index is 0.204. The van der Waals surface area contributed by atoms with Crippen LogP contribution in [0.5, 0.6) is 5.75 Å². The number of thiol groups is 1. The number of nitrogens with zero attached hydrogens (tertiary/aromatic N) is 1. The molecular weight excluding hydrogens is 530 g/mol. The summed E-state index contributed by atoms with van der Waals surface area (Å²) in [6, 6.07) is 10.5. The Balaban J connectivity index is 1.93. The van der Waals surface area contributed by atoms with Crippen molar-refractivity contribution < 1.29 is 19.1 Å². The van der Waals surface area contributed by atoms with Crippen LogP contribution in [0.25, 0.3) is 0 Å². The molecule has 3 rings (SSSR count). The van der Waals surface area contributed by atoms with Crippen LogP contribution in [0, 0.1) is 0 Å². The molecule has 7 nitrogen and oxygen atoms in total. The minimum Gasteiger partial charge on any atom is -0.481 e. The number of hydrogen-bond acceptors (Lipinski definition) is 6. The van der Waals surface area contributed by atoms with Gasteiger partial charge in [0.05, 0.1) is 17.8 Å². The lowest BCUT2D eigenvalue weighted by Gasteiger charge is -2.34. The molecule has 2 aromatic rings. The van der Waals surface area contributed by atoms with Crippen molar-refractivity contribution in [2.75, 3.05) is 5.32 Å². The summed E-state index contributed by atoms with van der Waals surface area (Å²) in [7, 11) is 0. The summed E-state index contributed by atoms with van der Waals surface area (Å²) >= 11 is 15.8. The van der Waals surface area contributed by atoms with E-state index in [9.17, 15) is 9.59 Å². The molecule has 0 aliphatic carbocycles. The van der Waals surface area contributed by atoms with E-state index in [0.29, 0.717) is 32.6 Å². The Kier molecular flexibility index (Phi) is 9.72. The van der Waals surface area contributed by atoms with Gasteiger partial charge >= 0.3 is 6.09 Å². The quantitative estimate of drug-likeness (QED) is 0.185. The molecule has 37 heavy (non-hydrogen) atoms. The zero-order chi connectivity index (χ0) is 27.3. The molecule has 0 bridgehead atoms. The lowest BCUT2D eigenvalue weighted by atomic mass is 10.1. The average molecular weight is 564 g/mol. The molecule has 0 saturated carbocycles. The summed E-state index contributed by atoms with van der Waals surface area (Å²) < 4.78 is 11.6. The number of unbranched alkanes of at least 4 members (excludes halogenated alkanes) is 1. The number of benzene rings is 2. The summed E-state index contributed by atoms with van der Waals surface area (Å²) in [6.45, 7) is 9.58. The summed E-state index contributed by atoms with van der Waals surface area (Å²) in [5.74, 6) is 0.338. The maximum absolute atomic E-state index is 13.4. The normalized spacial score (nSPS) is 15.6. The summed E-state index contributed by atoms with van der Waals surface area (Å²) in [4.78, 5) is 29.3. The van der Waals surface area contributed by atoms with E-state index in [1.54, 1.807) is 23.1 Å². The van der Waals surface area contributed by atoms with E-state index in [1.807, 2.05) is 45.9 Å². The van der Waals surface area contributed by atoms with E-state index in [-0.39, 0.29) is 18.6 Å². The first-order chi connectivity index (χ1) is 17.4. The number of nitrogens with one attached hydrogen (secondary N) is 2. The molecule has 10 heteroatoms. The second-order valence-electron chi connectivity index (χ2n) is 9.98. The maximum atomic E-state index is 13.4. The number of amides is 2. The molecule has 0 fully saturated rings. The third-order valence-electron chi connectivity index (χ3n) is 5.67. The predicted octanol–water partition coefficient (Wildman–Crippen LogP) is 6.83. The average Bonchev–Trinajstić information content (AvgIpc) is 2.80. The molecule has 2 N–H and O–H groups in total. The van der Waals surface area contributed by atoms with Crippen LogP contribution >= 0.6 is 36.4 Å². The number of thiocarbonyl (C=S) groups is 1. The van der Waals surface area contributed by atoms with Gasteiger partial charge in [-0.05, 0) is 76.4 Å². The van der Waals surface area contributed by atoms with Gasteiger partial charge in [-0.2, -0.15) is 0 Å². The highest BCUT2D eigenvalue weighted by Crippen LogP contribution is 2.32. The van der Waals surface area contributed by atoms with Crippen LogP contribution in [0.15, 0.2) is 41.3 Å². The molecule has 0 aromatic heterocycles. The van der Waals surface area contributed by atoms with E-state index < -0.39 is 17.9 Å². The Hall–Kier alpha value is -2.49.